The van der Waals surface area contributed by atoms with Gasteiger partial charge in [-0.25, -0.2) is 0 Å². The molecule has 0 atom stereocenters. The van der Waals surface area contributed by atoms with Gasteiger partial charge in [-0.1, -0.05) is 41.5 Å². The fraction of sp³-hybridized carbons (Fsp3) is 0.900. The number of hydrogen-bond donors (Lipinski definition) is 0. The molecule has 0 aliphatic heterocycles. The average Bonchev–Trinajstić information content (AvgIpc) is 2.35. The molecular formula is C10H29Ar3O3P. The summed E-state index contributed by atoms with van der Waals surface area (Å²) in [6.07, 6.45) is 3.57. The molecular weight excluding hydrogens is 319 g/mol. The van der Waals surface area contributed by atoms with Crippen molar-refractivity contribution in [1.82, 2.24) is 0 Å². The molecule has 0 rings (SSSR count). The summed E-state index contributed by atoms with van der Waals surface area (Å²) in [6.45, 7) is 12.0. The molecule has 0 radical (unpaired) electrons. The van der Waals surface area contributed by atoms with Gasteiger partial charge in [-0.3, -0.25) is 0 Å². The molecule has 0 aliphatic rings. The second kappa shape index (κ2) is 42.7. The van der Waals surface area contributed by atoms with Crippen molar-refractivity contribution in [2.75, 3.05) is 21.3 Å². The van der Waals surface area contributed by atoms with Crippen molar-refractivity contribution in [2.45, 2.75) is 41.5 Å². The van der Waals surface area contributed by atoms with Crippen LogP contribution in [0.2, 0.25) is 0 Å². The molecule has 3 nitrogen and oxygen atoms in total. The summed E-state index contributed by atoms with van der Waals surface area (Å²) in [5.74, 6) is 0. The maximum Gasteiger partial charge on any atom is 0.249 e. The van der Waals surface area contributed by atoms with E-state index in [0.29, 0.717) is 0 Å². The predicted octanol–water partition coefficient (Wildman–Crippen LogP) is 4.20. The topological polar surface area (TPSA) is 27.7 Å². The average molecular weight is 348 g/mol. The van der Waals surface area contributed by atoms with Gasteiger partial charge in [-0.2, -0.15) is 0 Å². The molecule has 0 unspecified atom stereocenters. The van der Waals surface area contributed by atoms with Gasteiger partial charge in [0.25, 0.3) is 0 Å². The minimum absolute atomic E-state index is 0. The van der Waals surface area contributed by atoms with Gasteiger partial charge in [0.05, 0.1) is 0 Å². The second-order valence-corrected chi connectivity index (χ2v) is 3.48. The van der Waals surface area contributed by atoms with Crippen LogP contribution in [-0.4, -0.2) is 27.6 Å². The van der Waals surface area contributed by atoms with Gasteiger partial charge in [0.15, 0.2) is 0 Å². The first-order valence-electron chi connectivity index (χ1n) is 5.09. The van der Waals surface area contributed by atoms with Crippen LogP contribution >= 0.6 is 7.57 Å². The molecule has 0 heterocycles. The third-order valence-electron chi connectivity index (χ3n) is 0.835. The summed E-state index contributed by atoms with van der Waals surface area (Å²) >= 11 is 0. The van der Waals surface area contributed by atoms with Crippen molar-refractivity contribution < 1.29 is 127 Å². The first-order chi connectivity index (χ1) is 6.68. The third kappa shape index (κ3) is 38.3. The van der Waals surface area contributed by atoms with E-state index in [-0.39, 0.29) is 113 Å². The van der Waals surface area contributed by atoms with Gasteiger partial charge in [-0.05, 0) is 6.30 Å². The molecule has 7 heteroatoms. The Kier molecular flexibility index (Phi) is 108. The van der Waals surface area contributed by atoms with Crippen molar-refractivity contribution in [3.05, 3.63) is 0 Å². The maximum absolute atomic E-state index is 4.79. The van der Waals surface area contributed by atoms with E-state index < -0.39 is 7.57 Å². The van der Waals surface area contributed by atoms with Crippen molar-refractivity contribution in [3.63, 3.8) is 0 Å². The van der Waals surface area contributed by atoms with E-state index in [2.05, 4.69) is 6.30 Å². The van der Waals surface area contributed by atoms with Crippen LogP contribution in [0.15, 0.2) is 0 Å². The summed E-state index contributed by atoms with van der Waals surface area (Å²) < 4.78 is 14.4. The standard InChI is InChI=1S/C4H11O3P.3C2H6.3Ar/c1-5-8(4,6-2)7-3;3*1-2;;;/h4H2,1-3H3;3*1-2H3;;;. The minimum atomic E-state index is -2.16. The van der Waals surface area contributed by atoms with E-state index in [9.17, 15) is 0 Å². The molecule has 0 bridgehead atoms. The molecule has 0 saturated carbocycles. The summed E-state index contributed by atoms with van der Waals surface area (Å²) in [5, 5.41) is 0. The van der Waals surface area contributed by atoms with Crippen molar-refractivity contribution >= 4 is 13.9 Å². The maximum atomic E-state index is 4.79. The summed E-state index contributed by atoms with van der Waals surface area (Å²) in [7, 11) is 2.36. The van der Waals surface area contributed by atoms with Crippen molar-refractivity contribution in [1.29, 1.82) is 0 Å². The predicted molar refractivity (Wildman–Crippen MR) is 69.1 cm³/mol. The first kappa shape index (κ1) is 42.8. The van der Waals surface area contributed by atoms with Crippen LogP contribution in [0.25, 0.3) is 0 Å². The number of rotatable bonds is 3. The fourth-order valence-corrected chi connectivity index (χ4v) is 0.671. The van der Waals surface area contributed by atoms with Gasteiger partial charge >= 0.3 is 0 Å². The van der Waals surface area contributed by atoms with Crippen LogP contribution in [0.3, 0.4) is 0 Å². The van der Waals surface area contributed by atoms with Gasteiger partial charge in [0.2, 0.25) is 7.57 Å². The molecule has 0 aromatic carbocycles. The SMILES string of the molecule is C=P(OC)(OC)OC.CC.CC.CC.[Ar].[Ar].[Ar]. The zero-order valence-corrected chi connectivity index (χ0v) is 15.5. The molecule has 0 spiro atoms. The molecule has 0 N–H and O–H groups in total. The zero-order valence-electron chi connectivity index (χ0n) is 12.4. The Hall–Kier alpha value is 3.96. The first-order valence-corrected chi connectivity index (χ1v) is 6.82. The third-order valence-corrected chi connectivity index (χ3v) is 2.50. The van der Waals surface area contributed by atoms with Crippen molar-refractivity contribution in [3.8, 4) is 0 Å². The summed E-state index contributed by atoms with van der Waals surface area (Å²) in [6, 6.07) is 0. The molecule has 17 heavy (non-hydrogen) atoms. The Balaban J connectivity index is -0.0000000196. The normalized spacial score (nSPS) is 6.65. The Morgan fingerprint density at radius 1 is 0.588 bits per heavy atom. The number of hydrogen-bond acceptors (Lipinski definition) is 3. The Bertz CT molecular complexity index is 97.9. The molecule has 0 amide bonds. The largest absolute Gasteiger partial charge is 0.321 e. The Morgan fingerprint density at radius 3 is 0.706 bits per heavy atom. The molecule has 0 aliphatic carbocycles. The smallest absolute Gasteiger partial charge is 0.249 e. The van der Waals surface area contributed by atoms with Gasteiger partial charge in [0.1, 0.15) is 0 Å². The Morgan fingerprint density at radius 2 is 0.706 bits per heavy atom. The molecule has 116 valence electrons. The Labute approximate surface area is 199 Å². The van der Waals surface area contributed by atoms with Crippen LogP contribution in [0.4, 0.5) is 0 Å². The zero-order chi connectivity index (χ0) is 12.6. The van der Waals surface area contributed by atoms with E-state index >= 15 is 0 Å². The van der Waals surface area contributed by atoms with Crippen LogP contribution < -0.4 is 0 Å². The van der Waals surface area contributed by atoms with Gasteiger partial charge in [-0.15, -0.1) is 0 Å². The van der Waals surface area contributed by atoms with Gasteiger partial charge < -0.3 is 13.6 Å². The van der Waals surface area contributed by atoms with E-state index in [0.717, 1.165) is 0 Å². The van der Waals surface area contributed by atoms with Gasteiger partial charge in [0, 0.05) is 135 Å². The van der Waals surface area contributed by atoms with Crippen molar-refractivity contribution in [2.24, 2.45) is 0 Å². The minimum Gasteiger partial charge on any atom is -0.321 e. The molecule has 0 aromatic rings. The van der Waals surface area contributed by atoms with E-state index in [1.165, 1.54) is 21.3 Å². The van der Waals surface area contributed by atoms with Crippen LogP contribution in [0.1, 0.15) is 41.5 Å². The van der Waals surface area contributed by atoms with E-state index in [1.807, 2.05) is 41.5 Å². The quantitative estimate of drug-likeness (QED) is 0.716. The fourth-order valence-electron chi connectivity index (χ4n) is 0.224. The molecule has 0 aromatic heterocycles. The monoisotopic (exact) mass is 348 g/mol. The van der Waals surface area contributed by atoms with Crippen LogP contribution in [-0.2, 0) is 13.6 Å². The summed E-state index contributed by atoms with van der Waals surface area (Å²) in [5.41, 5.74) is 0. The van der Waals surface area contributed by atoms with Crippen LogP contribution in [0, 0.1) is 113 Å². The van der Waals surface area contributed by atoms with E-state index in [4.69, 9.17) is 13.6 Å². The summed E-state index contributed by atoms with van der Waals surface area (Å²) in [4.78, 5) is 0. The van der Waals surface area contributed by atoms with Crippen LogP contribution in [0.5, 0.6) is 0 Å². The van der Waals surface area contributed by atoms with E-state index in [1.54, 1.807) is 0 Å². The second-order valence-electron chi connectivity index (χ2n) is 1.16. The molecule has 0 saturated heterocycles. The molecule has 0 fully saturated rings.